The molecule has 3 aliphatic heterocycles. The Morgan fingerprint density at radius 2 is 1.65 bits per heavy atom. The van der Waals surface area contributed by atoms with Crippen molar-refractivity contribution in [3.8, 4) is 11.4 Å². The van der Waals surface area contributed by atoms with E-state index in [-0.39, 0.29) is 83.1 Å². The lowest BCUT2D eigenvalue weighted by molar-refractivity contribution is -0.172. The number of nitrogens with two attached hydrogens (primary N) is 1. The smallest absolute Gasteiger partial charge is 0.407 e. The Morgan fingerprint density at radius 1 is 0.922 bits per heavy atom. The topological polar surface area (TPSA) is 318 Å². The lowest BCUT2D eigenvalue weighted by Gasteiger charge is -2.31. The van der Waals surface area contributed by atoms with Crippen LogP contribution in [0.3, 0.4) is 0 Å². The summed E-state index contributed by atoms with van der Waals surface area (Å²) in [5.74, 6) is -4.39. The number of carbonyl (C=O) groups is 8. The molecule has 77 heavy (non-hydrogen) atoms. The first-order chi connectivity index (χ1) is 37.0. The molecule has 0 spiro atoms. The molecule has 4 aromatic rings. The minimum absolute atomic E-state index is 0.0389. The van der Waals surface area contributed by atoms with Crippen LogP contribution in [0.15, 0.2) is 53.3 Å². The number of esters is 1. The van der Waals surface area contributed by atoms with Gasteiger partial charge >= 0.3 is 12.1 Å². The standard InChI is InChI=1S/C53H60FN9O14/c1-3-53(73)35-22-40-48-33(26-63(40)50(70)34(35)28-76-51(53)71)47-37(12-11-32-29(2)36(54)23-39(60-48)46(32)47)61-52(72)77-27-30-7-9-31(10-8-30)58-42(65)25-57-49(69)38(6-4-5-16-55)59-43(66)24-56-41(64)15-18-74-20-21-75-19-17-62-44(67)13-14-45(62)68/h7-10,13-14,22-23,37-38,73H,3-6,11-12,15-21,24-28,55H2,1-2H3,(H,56,64)(H,57,69)(H,58,65)(H,59,66)(H,61,72)/t37?,38-,53-/m0/s1. The summed E-state index contributed by atoms with van der Waals surface area (Å²) < 4.78 is 38.5. The molecule has 5 heterocycles. The number of aryl methyl sites for hydroxylation is 1. The van der Waals surface area contributed by atoms with Crippen molar-refractivity contribution < 1.29 is 66.8 Å². The molecule has 0 bridgehead atoms. The number of nitrogens with zero attached hydrogens (tertiary/aromatic N) is 3. The Hall–Kier alpha value is -7.93. The highest BCUT2D eigenvalue weighted by molar-refractivity contribution is 6.12. The van der Waals surface area contributed by atoms with Gasteiger partial charge in [0, 0.05) is 46.8 Å². The zero-order valence-electron chi connectivity index (χ0n) is 42.6. The molecule has 24 heteroatoms. The normalized spacial score (nSPS) is 17.3. The number of aromatic nitrogens is 2. The van der Waals surface area contributed by atoms with Gasteiger partial charge in [0.1, 0.15) is 25.1 Å². The quantitative estimate of drug-likeness (QED) is 0.0262. The molecule has 3 atom stereocenters. The van der Waals surface area contributed by atoms with Gasteiger partial charge in [-0.1, -0.05) is 19.1 Å². The van der Waals surface area contributed by atoms with Gasteiger partial charge < -0.3 is 60.9 Å². The average Bonchev–Trinajstić information content (AvgIpc) is 4.16. The number of hydrogen-bond acceptors (Lipinski definition) is 16. The van der Waals surface area contributed by atoms with Gasteiger partial charge in [-0.2, -0.15) is 0 Å². The SMILES string of the molecule is CC[C@@]1(O)C(=O)OCc2c1cc1n(c2=O)Cc2c-1nc1cc(F)c(C)c3c1c2C(NC(=O)OCc1ccc(NC(=O)CNC(=O)[C@H](CCCCN)NC(=O)CNC(=O)CCOCCOCCN2C(=O)C=CC2=O)cc1)CC3. The van der Waals surface area contributed by atoms with E-state index in [4.69, 9.17) is 29.7 Å². The zero-order valence-corrected chi connectivity index (χ0v) is 42.6. The number of ether oxygens (including phenoxy) is 4. The lowest BCUT2D eigenvalue weighted by atomic mass is 9.81. The van der Waals surface area contributed by atoms with Crippen molar-refractivity contribution in [3.63, 3.8) is 0 Å². The highest BCUT2D eigenvalue weighted by atomic mass is 19.1. The van der Waals surface area contributed by atoms with Crippen LogP contribution in [0.5, 0.6) is 0 Å². The van der Waals surface area contributed by atoms with E-state index >= 15 is 4.39 Å². The molecule has 0 saturated heterocycles. The van der Waals surface area contributed by atoms with Gasteiger partial charge in [-0.3, -0.25) is 38.5 Å². The van der Waals surface area contributed by atoms with Gasteiger partial charge in [0.05, 0.1) is 81.1 Å². The summed E-state index contributed by atoms with van der Waals surface area (Å²) in [5, 5.41) is 25.3. The number of rotatable bonds is 24. The van der Waals surface area contributed by atoms with E-state index in [0.29, 0.717) is 82.5 Å². The molecule has 1 unspecified atom stereocenters. The molecule has 4 aliphatic rings. The third-order valence-corrected chi connectivity index (χ3v) is 14.0. The maximum atomic E-state index is 15.4. The number of aliphatic hydroxyl groups is 1. The number of pyridine rings is 2. The Balaban J connectivity index is 0.796. The number of cyclic esters (lactones) is 1. The molecule has 7 amide bonds. The van der Waals surface area contributed by atoms with Crippen LogP contribution in [-0.4, -0.2) is 126 Å². The number of alkyl carbamates (subject to hydrolysis) is 1. The molecule has 8 N–H and O–H groups in total. The van der Waals surface area contributed by atoms with Gasteiger partial charge in [0.25, 0.3) is 17.4 Å². The highest BCUT2D eigenvalue weighted by Crippen LogP contribution is 2.46. The molecule has 0 radical (unpaired) electrons. The number of fused-ring (bicyclic) bond motifs is 5. The Labute approximate surface area is 440 Å². The summed E-state index contributed by atoms with van der Waals surface area (Å²) in [6, 6.07) is 7.71. The fraction of sp³-hybridized carbons (Fsp3) is 0.434. The van der Waals surface area contributed by atoms with E-state index in [2.05, 4.69) is 26.6 Å². The van der Waals surface area contributed by atoms with E-state index in [1.165, 1.54) is 22.8 Å². The maximum absolute atomic E-state index is 15.4. The minimum atomic E-state index is -2.04. The number of amides is 7. The van der Waals surface area contributed by atoms with E-state index in [1.54, 1.807) is 44.2 Å². The van der Waals surface area contributed by atoms with Crippen molar-refractivity contribution in [1.82, 2.24) is 35.7 Å². The fourth-order valence-corrected chi connectivity index (χ4v) is 9.78. The minimum Gasteiger partial charge on any atom is -0.458 e. The van der Waals surface area contributed by atoms with Crippen LogP contribution in [0.2, 0.25) is 0 Å². The second-order valence-corrected chi connectivity index (χ2v) is 18.9. The fourth-order valence-electron chi connectivity index (χ4n) is 9.78. The molecular formula is C53H60FN9O14. The second-order valence-electron chi connectivity index (χ2n) is 18.9. The van der Waals surface area contributed by atoms with E-state index in [0.717, 1.165) is 10.5 Å². The van der Waals surface area contributed by atoms with Crippen molar-refractivity contribution in [2.75, 3.05) is 57.9 Å². The van der Waals surface area contributed by atoms with Crippen molar-refractivity contribution in [1.29, 1.82) is 0 Å². The Morgan fingerprint density at radius 3 is 2.38 bits per heavy atom. The Bertz CT molecular complexity index is 3090. The number of halogens is 1. The van der Waals surface area contributed by atoms with E-state index < -0.39 is 89.7 Å². The molecule has 2 aromatic heterocycles. The van der Waals surface area contributed by atoms with Gasteiger partial charge in [-0.15, -0.1) is 0 Å². The van der Waals surface area contributed by atoms with E-state index in [9.17, 15) is 48.3 Å². The lowest BCUT2D eigenvalue weighted by Crippen LogP contribution is -2.50. The summed E-state index contributed by atoms with van der Waals surface area (Å²) >= 11 is 0. The third-order valence-electron chi connectivity index (χ3n) is 14.0. The van der Waals surface area contributed by atoms with Gasteiger partial charge in [-0.05, 0) is 92.4 Å². The maximum Gasteiger partial charge on any atom is 0.407 e. The number of imide groups is 1. The van der Waals surface area contributed by atoms with Crippen LogP contribution < -0.4 is 37.9 Å². The van der Waals surface area contributed by atoms with Crippen LogP contribution in [0.25, 0.3) is 22.3 Å². The molecule has 23 nitrogen and oxygen atoms in total. The Kier molecular flexibility index (Phi) is 17.5. The monoisotopic (exact) mass is 1070 g/mol. The molecule has 8 rings (SSSR count). The number of nitrogens with one attached hydrogen (secondary N) is 5. The van der Waals surface area contributed by atoms with E-state index in [1.807, 2.05) is 0 Å². The number of anilines is 1. The van der Waals surface area contributed by atoms with Gasteiger partial charge in [0.2, 0.25) is 23.6 Å². The molecular weight excluding hydrogens is 1010 g/mol. The van der Waals surface area contributed by atoms with Crippen molar-refractivity contribution in [3.05, 3.63) is 104 Å². The van der Waals surface area contributed by atoms with Crippen LogP contribution in [0, 0.1) is 12.7 Å². The van der Waals surface area contributed by atoms with Crippen LogP contribution in [-0.2, 0) is 84.3 Å². The molecule has 0 fully saturated rings. The van der Waals surface area contributed by atoms with Crippen LogP contribution >= 0.6 is 0 Å². The number of unbranched alkanes of at least 4 members (excludes halogenated alkanes) is 1. The molecule has 1 aliphatic carbocycles. The average molecular weight is 1070 g/mol. The first kappa shape index (κ1) is 55.3. The van der Waals surface area contributed by atoms with Crippen molar-refractivity contribution >= 4 is 64.1 Å². The summed E-state index contributed by atoms with van der Waals surface area (Å²) in [5.41, 5.74) is 7.92. The molecule has 408 valence electrons. The second kappa shape index (κ2) is 24.4. The first-order valence-corrected chi connectivity index (χ1v) is 25.4. The number of benzene rings is 2. The summed E-state index contributed by atoms with van der Waals surface area (Å²) in [7, 11) is 0. The van der Waals surface area contributed by atoms with Crippen molar-refractivity contribution in [2.45, 2.75) is 96.2 Å². The first-order valence-electron chi connectivity index (χ1n) is 25.4. The number of carbonyl (C=O) groups excluding carboxylic acids is 8. The molecule has 0 saturated carbocycles. The third kappa shape index (κ3) is 12.4. The zero-order chi connectivity index (χ0) is 55.0. The van der Waals surface area contributed by atoms with Crippen LogP contribution in [0.1, 0.15) is 90.4 Å². The summed E-state index contributed by atoms with van der Waals surface area (Å²) in [6.07, 6.45) is 3.64. The highest BCUT2D eigenvalue weighted by Gasteiger charge is 2.46. The predicted molar refractivity (Wildman–Crippen MR) is 272 cm³/mol. The summed E-state index contributed by atoms with van der Waals surface area (Å²) in [6.45, 7) is 3.04. The van der Waals surface area contributed by atoms with Gasteiger partial charge in [-0.25, -0.2) is 19.0 Å². The number of hydrogen-bond donors (Lipinski definition) is 7. The largest absolute Gasteiger partial charge is 0.458 e. The predicted octanol–water partition coefficient (Wildman–Crippen LogP) is 1.57. The van der Waals surface area contributed by atoms with Crippen molar-refractivity contribution in [2.24, 2.45) is 5.73 Å². The van der Waals surface area contributed by atoms with Gasteiger partial charge in [0.15, 0.2) is 5.60 Å². The van der Waals surface area contributed by atoms with Crippen LogP contribution in [0.4, 0.5) is 14.9 Å². The summed E-state index contributed by atoms with van der Waals surface area (Å²) in [4.78, 5) is 120. The molecule has 2 aromatic carbocycles.